The lowest BCUT2D eigenvalue weighted by Crippen LogP contribution is -2.46. The van der Waals surface area contributed by atoms with Crippen molar-refractivity contribution in [1.29, 1.82) is 1.43 Å². The number of ether oxygens (including phenoxy) is 3. The summed E-state index contributed by atoms with van der Waals surface area (Å²) < 4.78 is 49.1. The molecular formula is C30H53N3O6. The number of carbonyl (C=O) groups is 2. The molecule has 39 heavy (non-hydrogen) atoms. The number of amides is 2. The lowest BCUT2D eigenvalue weighted by molar-refractivity contribution is -0.130. The number of aliphatic hydroxyl groups excluding tert-OH is 1. The second-order valence-corrected chi connectivity index (χ2v) is 11.7. The Bertz CT molecular complexity index is 999. The van der Waals surface area contributed by atoms with E-state index < -0.39 is 35.3 Å². The van der Waals surface area contributed by atoms with Gasteiger partial charge in [0.15, 0.2) is 12.9 Å². The number of methoxy groups -OCH3 is 2. The molecule has 0 bridgehead atoms. The Balaban J connectivity index is 3.17. The van der Waals surface area contributed by atoms with Crippen molar-refractivity contribution in [1.82, 2.24) is 5.31 Å². The van der Waals surface area contributed by atoms with Gasteiger partial charge in [0.2, 0.25) is 13.2 Å². The lowest BCUT2D eigenvalue weighted by atomic mass is 9.80. The third-order valence-electron chi connectivity index (χ3n) is 7.30. The highest BCUT2D eigenvalue weighted by Gasteiger charge is 2.32. The maximum atomic E-state index is 13.3. The Hall–Kier alpha value is -2.36. The van der Waals surface area contributed by atoms with Gasteiger partial charge in [0.1, 0.15) is 2.82 Å². The van der Waals surface area contributed by atoms with E-state index in [1.54, 1.807) is 28.1 Å². The van der Waals surface area contributed by atoms with Crippen LogP contribution in [0.15, 0.2) is 18.2 Å². The van der Waals surface area contributed by atoms with Crippen molar-refractivity contribution < 1.29 is 33.1 Å². The summed E-state index contributed by atoms with van der Waals surface area (Å²) in [6, 6.07) is 4.95. The summed E-state index contributed by atoms with van der Waals surface area (Å²) in [6.45, 7) is 11.8. The Morgan fingerprint density at radius 1 is 1.13 bits per heavy atom. The van der Waals surface area contributed by atoms with Gasteiger partial charge >= 0.3 is 0 Å². The van der Waals surface area contributed by atoms with Crippen molar-refractivity contribution in [2.75, 3.05) is 34.0 Å². The quantitative estimate of drug-likeness (QED) is 0.170. The molecule has 0 unspecified atom stereocenters. The van der Waals surface area contributed by atoms with Crippen molar-refractivity contribution in [3.63, 3.8) is 0 Å². The number of nitrogens with two attached hydrogens (primary N) is 2. The van der Waals surface area contributed by atoms with Crippen LogP contribution < -0.4 is 26.2 Å². The molecule has 0 saturated heterocycles. The Morgan fingerprint density at radius 3 is 2.38 bits per heavy atom. The van der Waals surface area contributed by atoms with Crippen LogP contribution in [0.2, 0.25) is 4.24 Å². The molecule has 0 radical (unpaired) electrons. The van der Waals surface area contributed by atoms with Gasteiger partial charge in [0.05, 0.1) is 25.2 Å². The van der Waals surface area contributed by atoms with Gasteiger partial charge in [0.25, 0.3) is 0 Å². The standard InChI is InChI=1S/C30H53N3O6/c1-19(2)22(14-21-10-11-26(38-8)27(15-21)39-13-9-12-37-7)16-24(31)25(34)17-23(20(3)4)28(35)33-18-30(5,6)29(32)36/h10-11,15,19-20,22-25,34H,9,12-14,16-18,31H2,1-8H3,(H2,32,36)(H,33,35)/t22-,23-,24-,25-/m0/s1/i34D/hD3. The average Bonchev–Trinajstić information content (AvgIpc) is 2.93. The summed E-state index contributed by atoms with van der Waals surface area (Å²) >= 11 is 0. The van der Waals surface area contributed by atoms with Gasteiger partial charge in [0, 0.05) is 38.6 Å². The van der Waals surface area contributed by atoms with Gasteiger partial charge in [-0.3, -0.25) is 9.59 Å². The predicted octanol–water partition coefficient (Wildman–Crippen LogP) is 3.29. The van der Waals surface area contributed by atoms with Crippen molar-refractivity contribution >= 4 is 11.8 Å². The normalized spacial score (nSPS) is 16.6. The molecule has 4 atom stereocenters. The molecule has 0 spiro atoms. The van der Waals surface area contributed by atoms with Crippen molar-refractivity contribution in [2.24, 2.45) is 40.5 Å². The maximum absolute atomic E-state index is 13.3. The largest absolute Gasteiger partial charge is 0.493 e. The minimum Gasteiger partial charge on any atom is -0.493 e. The highest BCUT2D eigenvalue weighted by atomic mass is 16.5. The highest BCUT2D eigenvalue weighted by Crippen LogP contribution is 2.32. The first-order valence-corrected chi connectivity index (χ1v) is 13.9. The van der Waals surface area contributed by atoms with Crippen LogP contribution in [0, 0.1) is 29.1 Å². The number of rotatable bonds is 21. The minimum atomic E-state index is -1.09. The molecule has 1 rings (SSSR count). The van der Waals surface area contributed by atoms with Gasteiger partial charge in [-0.05, 0) is 68.6 Å². The molecule has 0 aliphatic heterocycles. The molecule has 6 N–H and O–H groups in total. The summed E-state index contributed by atoms with van der Waals surface area (Å²) in [4.78, 5) is 25.1. The zero-order valence-corrected chi connectivity index (χ0v) is 25.1. The number of carbonyl (C=O) groups excluding carboxylic acids is 2. The van der Waals surface area contributed by atoms with E-state index in [0.717, 1.165) is 17.3 Å². The van der Waals surface area contributed by atoms with Crippen LogP contribution in [-0.4, -0.2) is 64.5 Å². The van der Waals surface area contributed by atoms with Gasteiger partial charge in [-0.15, -0.1) is 0 Å². The summed E-state index contributed by atoms with van der Waals surface area (Å²) in [5, 5.41) is 5.83. The molecule has 1 aromatic carbocycles. The molecule has 9 nitrogen and oxygen atoms in total. The molecule has 0 aromatic heterocycles. The van der Waals surface area contributed by atoms with Crippen molar-refractivity contribution in [3.8, 4) is 11.5 Å². The zero-order chi connectivity index (χ0) is 32.9. The Labute approximate surface area is 241 Å². The fourth-order valence-corrected chi connectivity index (χ4v) is 4.24. The van der Waals surface area contributed by atoms with Gasteiger partial charge in [-0.1, -0.05) is 33.8 Å². The van der Waals surface area contributed by atoms with Gasteiger partial charge < -0.3 is 36.1 Å². The number of hydrogen-bond acceptors (Lipinski definition) is 7. The second-order valence-electron chi connectivity index (χ2n) is 11.7. The molecule has 9 heteroatoms. The SMILES string of the molecule is [2H]O[C@@H](C[C@H](C(=O)N([2H])CC(C)(C)C(N)=O)C(C)C)[C@H](C[C@H](Cc1ccc(OC)c(OCCCOC)c1)C(C)C)N([2H])[2H]. The highest BCUT2D eigenvalue weighted by molar-refractivity contribution is 5.83. The van der Waals surface area contributed by atoms with Crippen LogP contribution in [0.25, 0.3) is 0 Å². The van der Waals surface area contributed by atoms with Crippen LogP contribution in [0.1, 0.15) is 66.4 Å². The third-order valence-corrected chi connectivity index (χ3v) is 7.30. The first-order chi connectivity index (χ1) is 20.1. The average molecular weight is 556 g/mol. The Kier molecular flexibility index (Phi) is 12.0. The molecule has 0 fully saturated rings. The van der Waals surface area contributed by atoms with Crippen LogP contribution in [0.4, 0.5) is 0 Å². The Morgan fingerprint density at radius 2 is 1.85 bits per heavy atom. The molecule has 2 amide bonds. The lowest BCUT2D eigenvalue weighted by Gasteiger charge is -2.30. The molecule has 0 aliphatic carbocycles. The number of aliphatic hydroxyl groups is 1. The van der Waals surface area contributed by atoms with E-state index in [4.69, 9.17) is 30.7 Å². The van der Waals surface area contributed by atoms with E-state index in [9.17, 15) is 9.59 Å². The number of benzene rings is 1. The van der Waals surface area contributed by atoms with E-state index in [1.807, 2.05) is 32.0 Å². The summed E-state index contributed by atoms with van der Waals surface area (Å²) in [6.07, 6.45) is 0.819. The maximum Gasteiger partial charge on any atom is 0.224 e. The molecule has 0 aliphatic rings. The molecule has 0 heterocycles. The van der Waals surface area contributed by atoms with Crippen LogP contribution >= 0.6 is 0 Å². The van der Waals surface area contributed by atoms with Crippen molar-refractivity contribution in [2.45, 2.75) is 79.4 Å². The van der Waals surface area contributed by atoms with E-state index in [-0.39, 0.29) is 30.7 Å². The topological polar surface area (TPSA) is 146 Å². The first-order valence-electron chi connectivity index (χ1n) is 15.6. The van der Waals surface area contributed by atoms with Crippen LogP contribution in [-0.2, 0) is 20.7 Å². The molecular weight excluding hydrogens is 498 g/mol. The van der Waals surface area contributed by atoms with E-state index in [2.05, 4.69) is 13.8 Å². The molecule has 1 aromatic rings. The van der Waals surface area contributed by atoms with E-state index in [1.165, 1.54) is 0 Å². The van der Waals surface area contributed by atoms with Crippen molar-refractivity contribution in [3.05, 3.63) is 23.8 Å². The number of nitrogens with one attached hydrogen (secondary N) is 1. The van der Waals surface area contributed by atoms with E-state index in [0.29, 0.717) is 43.3 Å². The van der Waals surface area contributed by atoms with Gasteiger partial charge in [-0.25, -0.2) is 0 Å². The van der Waals surface area contributed by atoms with E-state index >= 15 is 0 Å². The minimum absolute atomic E-state index is 0.00725. The molecule has 0 saturated carbocycles. The van der Waals surface area contributed by atoms with Gasteiger partial charge in [-0.2, -0.15) is 0 Å². The zero-order valence-electron chi connectivity index (χ0n) is 29.1. The molecule has 224 valence electrons. The van der Waals surface area contributed by atoms with Crippen LogP contribution in [0.5, 0.6) is 11.5 Å². The summed E-state index contributed by atoms with van der Waals surface area (Å²) in [7, 11) is 3.23. The fraction of sp³-hybridized carbons (Fsp3) is 0.733. The summed E-state index contributed by atoms with van der Waals surface area (Å²) in [5.74, 6) is -0.660. The third kappa shape index (κ3) is 11.7. The second kappa shape index (κ2) is 16.7. The monoisotopic (exact) mass is 555 g/mol. The first kappa shape index (κ1) is 28.2. The van der Waals surface area contributed by atoms with Crippen LogP contribution in [0.3, 0.4) is 0 Å². The number of hydrogen-bond donors (Lipinski definition) is 4. The number of primary amides is 1. The fourth-order valence-electron chi connectivity index (χ4n) is 4.24. The predicted molar refractivity (Wildman–Crippen MR) is 155 cm³/mol. The summed E-state index contributed by atoms with van der Waals surface area (Å²) in [5.41, 5.74) is 5.91. The smallest absolute Gasteiger partial charge is 0.224 e.